The molecule has 0 amide bonds. The molecular weight excluding hydrogens is 228 g/mol. The fourth-order valence-electron chi connectivity index (χ4n) is 1.56. The summed E-state index contributed by atoms with van der Waals surface area (Å²) in [6, 6.07) is 7.21. The second kappa shape index (κ2) is 5.31. The van der Waals surface area contributed by atoms with E-state index >= 15 is 0 Å². The van der Waals surface area contributed by atoms with E-state index in [1.54, 1.807) is 18.3 Å². The standard InChI is InChI=1S/C14H14N2O2/c1-16-10-9-15-13(16)8-5-11-3-6-12(7-4-11)14(17)18-2/h3-10H,1-2H3/b8-5+. The second-order valence-corrected chi connectivity index (χ2v) is 3.84. The molecule has 4 nitrogen and oxygen atoms in total. The van der Waals surface area contributed by atoms with Crippen molar-refractivity contribution < 1.29 is 9.53 Å². The van der Waals surface area contributed by atoms with Crippen molar-refractivity contribution in [2.24, 2.45) is 7.05 Å². The van der Waals surface area contributed by atoms with Crippen LogP contribution in [0.1, 0.15) is 21.7 Å². The van der Waals surface area contributed by atoms with E-state index in [-0.39, 0.29) is 5.97 Å². The molecule has 0 saturated carbocycles. The molecule has 4 heteroatoms. The molecule has 0 atom stereocenters. The van der Waals surface area contributed by atoms with E-state index in [4.69, 9.17) is 0 Å². The maximum Gasteiger partial charge on any atom is 0.337 e. The number of ether oxygens (including phenoxy) is 1. The lowest BCUT2D eigenvalue weighted by Gasteiger charge is -1.99. The van der Waals surface area contributed by atoms with Gasteiger partial charge in [0.25, 0.3) is 0 Å². The quantitative estimate of drug-likeness (QED) is 0.776. The Morgan fingerprint density at radius 3 is 2.56 bits per heavy atom. The maximum absolute atomic E-state index is 11.3. The van der Waals surface area contributed by atoms with Crippen LogP contribution in [0.5, 0.6) is 0 Å². The fourth-order valence-corrected chi connectivity index (χ4v) is 1.56. The van der Waals surface area contributed by atoms with Gasteiger partial charge in [-0.1, -0.05) is 18.2 Å². The lowest BCUT2D eigenvalue weighted by Crippen LogP contribution is -2.00. The lowest BCUT2D eigenvalue weighted by molar-refractivity contribution is 0.0601. The van der Waals surface area contributed by atoms with Crippen LogP contribution in [0.25, 0.3) is 12.2 Å². The first-order chi connectivity index (χ1) is 8.70. The molecule has 0 fully saturated rings. The number of esters is 1. The van der Waals surface area contributed by atoms with Crippen LogP contribution in [0.15, 0.2) is 36.7 Å². The van der Waals surface area contributed by atoms with Crippen molar-refractivity contribution in [3.8, 4) is 0 Å². The van der Waals surface area contributed by atoms with Crippen molar-refractivity contribution >= 4 is 18.1 Å². The molecular formula is C14H14N2O2. The molecule has 1 aromatic carbocycles. The highest BCUT2D eigenvalue weighted by Gasteiger charge is 2.03. The zero-order valence-corrected chi connectivity index (χ0v) is 10.3. The molecule has 92 valence electrons. The molecule has 0 aliphatic carbocycles. The van der Waals surface area contributed by atoms with Crippen molar-refractivity contribution in [3.63, 3.8) is 0 Å². The molecule has 0 N–H and O–H groups in total. The van der Waals surface area contributed by atoms with Crippen molar-refractivity contribution in [2.45, 2.75) is 0 Å². The van der Waals surface area contributed by atoms with Crippen LogP contribution >= 0.6 is 0 Å². The molecule has 18 heavy (non-hydrogen) atoms. The van der Waals surface area contributed by atoms with Gasteiger partial charge in [0.2, 0.25) is 0 Å². The van der Waals surface area contributed by atoms with E-state index in [0.29, 0.717) is 5.56 Å². The highest BCUT2D eigenvalue weighted by molar-refractivity contribution is 5.89. The summed E-state index contributed by atoms with van der Waals surface area (Å²) in [5, 5.41) is 0. The number of methoxy groups -OCH3 is 1. The molecule has 0 aliphatic heterocycles. The van der Waals surface area contributed by atoms with Crippen LogP contribution < -0.4 is 0 Å². The van der Waals surface area contributed by atoms with Crippen LogP contribution in [0.3, 0.4) is 0 Å². The van der Waals surface area contributed by atoms with E-state index < -0.39 is 0 Å². The number of aryl methyl sites for hydroxylation is 1. The Kier molecular flexibility index (Phi) is 3.57. The fraction of sp³-hybridized carbons (Fsp3) is 0.143. The van der Waals surface area contributed by atoms with Gasteiger partial charge in [-0.25, -0.2) is 9.78 Å². The number of rotatable bonds is 3. The van der Waals surface area contributed by atoms with Gasteiger partial charge in [-0.2, -0.15) is 0 Å². The Morgan fingerprint density at radius 2 is 2.00 bits per heavy atom. The first kappa shape index (κ1) is 12.1. The Hall–Kier alpha value is -2.36. The smallest absolute Gasteiger partial charge is 0.337 e. The number of imidazole rings is 1. The van der Waals surface area contributed by atoms with Crippen molar-refractivity contribution in [2.75, 3.05) is 7.11 Å². The molecule has 0 bridgehead atoms. The summed E-state index contributed by atoms with van der Waals surface area (Å²) >= 11 is 0. The minimum atomic E-state index is -0.324. The normalized spacial score (nSPS) is 10.8. The Labute approximate surface area is 106 Å². The zero-order chi connectivity index (χ0) is 13.0. The highest BCUT2D eigenvalue weighted by atomic mass is 16.5. The number of nitrogens with zero attached hydrogens (tertiary/aromatic N) is 2. The summed E-state index contributed by atoms with van der Waals surface area (Å²) in [6.45, 7) is 0. The van der Waals surface area contributed by atoms with Crippen molar-refractivity contribution in [1.29, 1.82) is 0 Å². The number of carbonyl (C=O) groups excluding carboxylic acids is 1. The monoisotopic (exact) mass is 242 g/mol. The summed E-state index contributed by atoms with van der Waals surface area (Å²) in [6.07, 6.45) is 7.51. The van der Waals surface area contributed by atoms with E-state index in [0.717, 1.165) is 11.4 Å². The molecule has 0 aliphatic rings. The summed E-state index contributed by atoms with van der Waals surface area (Å²) in [7, 11) is 3.31. The topological polar surface area (TPSA) is 44.1 Å². The van der Waals surface area contributed by atoms with E-state index in [1.165, 1.54) is 7.11 Å². The molecule has 0 saturated heterocycles. The largest absolute Gasteiger partial charge is 0.465 e. The molecule has 1 heterocycles. The van der Waals surface area contributed by atoms with Gasteiger partial charge in [0.15, 0.2) is 0 Å². The van der Waals surface area contributed by atoms with Crippen LogP contribution in [0.4, 0.5) is 0 Å². The van der Waals surface area contributed by atoms with E-state index in [2.05, 4.69) is 9.72 Å². The molecule has 2 aromatic rings. The van der Waals surface area contributed by atoms with E-state index in [1.807, 2.05) is 42.1 Å². The zero-order valence-electron chi connectivity index (χ0n) is 10.3. The minimum Gasteiger partial charge on any atom is -0.465 e. The summed E-state index contributed by atoms with van der Waals surface area (Å²) in [4.78, 5) is 15.5. The average Bonchev–Trinajstić information content (AvgIpc) is 2.81. The third kappa shape index (κ3) is 2.66. The predicted molar refractivity (Wildman–Crippen MR) is 69.9 cm³/mol. The molecule has 2 rings (SSSR count). The Morgan fingerprint density at radius 1 is 1.28 bits per heavy atom. The van der Waals surface area contributed by atoms with Gasteiger partial charge >= 0.3 is 5.97 Å². The minimum absolute atomic E-state index is 0.324. The van der Waals surface area contributed by atoms with Gasteiger partial charge in [-0.15, -0.1) is 0 Å². The third-order valence-corrected chi connectivity index (χ3v) is 2.62. The summed E-state index contributed by atoms with van der Waals surface area (Å²) in [5.74, 6) is 0.557. The Balaban J connectivity index is 2.14. The summed E-state index contributed by atoms with van der Waals surface area (Å²) in [5.41, 5.74) is 1.55. The second-order valence-electron chi connectivity index (χ2n) is 3.84. The van der Waals surface area contributed by atoms with Gasteiger partial charge in [-0.05, 0) is 23.8 Å². The van der Waals surface area contributed by atoms with Crippen LogP contribution in [-0.4, -0.2) is 22.6 Å². The average molecular weight is 242 g/mol. The SMILES string of the molecule is COC(=O)c1ccc(/C=C/c2nccn2C)cc1. The number of hydrogen-bond acceptors (Lipinski definition) is 3. The lowest BCUT2D eigenvalue weighted by atomic mass is 10.1. The number of aromatic nitrogens is 2. The van der Waals surface area contributed by atoms with Crippen molar-refractivity contribution in [1.82, 2.24) is 9.55 Å². The van der Waals surface area contributed by atoms with E-state index in [9.17, 15) is 4.79 Å². The van der Waals surface area contributed by atoms with Gasteiger partial charge in [0, 0.05) is 19.4 Å². The number of benzene rings is 1. The molecule has 0 spiro atoms. The van der Waals surface area contributed by atoms with Gasteiger partial charge in [0.05, 0.1) is 12.7 Å². The predicted octanol–water partition coefficient (Wildman–Crippen LogP) is 2.38. The number of hydrogen-bond donors (Lipinski definition) is 0. The van der Waals surface area contributed by atoms with Gasteiger partial charge < -0.3 is 9.30 Å². The van der Waals surface area contributed by atoms with Gasteiger partial charge in [-0.3, -0.25) is 0 Å². The third-order valence-electron chi connectivity index (χ3n) is 2.62. The number of carbonyl (C=O) groups is 1. The Bertz CT molecular complexity index is 568. The van der Waals surface area contributed by atoms with Gasteiger partial charge in [0.1, 0.15) is 5.82 Å². The molecule has 1 aromatic heterocycles. The maximum atomic E-state index is 11.3. The van der Waals surface area contributed by atoms with Crippen LogP contribution in [0.2, 0.25) is 0 Å². The summed E-state index contributed by atoms with van der Waals surface area (Å²) < 4.78 is 6.57. The van der Waals surface area contributed by atoms with Crippen LogP contribution in [-0.2, 0) is 11.8 Å². The molecule has 0 radical (unpaired) electrons. The van der Waals surface area contributed by atoms with Crippen molar-refractivity contribution in [3.05, 3.63) is 53.6 Å². The van der Waals surface area contributed by atoms with Crippen LogP contribution in [0, 0.1) is 0 Å². The molecule has 0 unspecified atom stereocenters. The highest BCUT2D eigenvalue weighted by Crippen LogP contribution is 2.09. The first-order valence-corrected chi connectivity index (χ1v) is 5.54. The first-order valence-electron chi connectivity index (χ1n) is 5.54.